The molecule has 4 aromatic rings. The van der Waals surface area contributed by atoms with Gasteiger partial charge in [-0.3, -0.25) is 4.40 Å². The molecule has 2 heterocycles. The first-order valence-corrected chi connectivity index (χ1v) is 7.99. The molecule has 5 heteroatoms. The highest BCUT2D eigenvalue weighted by atomic mass is 35.5. The molecule has 2 aromatic heterocycles. The lowest BCUT2D eigenvalue weighted by atomic mass is 10.1. The summed E-state index contributed by atoms with van der Waals surface area (Å²) >= 11 is 6.00. The number of imidazole rings is 2. The number of rotatable bonds is 4. The highest BCUT2D eigenvalue weighted by Crippen LogP contribution is 2.27. The summed E-state index contributed by atoms with van der Waals surface area (Å²) in [6, 6.07) is 15.9. The molecule has 4 nitrogen and oxygen atoms in total. The van der Waals surface area contributed by atoms with Crippen LogP contribution >= 0.6 is 11.6 Å². The number of halogens is 1. The van der Waals surface area contributed by atoms with Crippen molar-refractivity contribution in [1.29, 1.82) is 0 Å². The van der Waals surface area contributed by atoms with E-state index in [1.807, 2.05) is 42.5 Å². The lowest BCUT2D eigenvalue weighted by Gasteiger charge is -2.08. The Morgan fingerprint density at radius 2 is 1.83 bits per heavy atom. The molecule has 0 aliphatic heterocycles. The average molecular weight is 326 g/mol. The molecule has 0 aliphatic carbocycles. The zero-order valence-electron chi connectivity index (χ0n) is 12.5. The van der Waals surface area contributed by atoms with Gasteiger partial charge < -0.3 is 9.67 Å². The molecular weight excluding hydrogens is 310 g/mol. The Morgan fingerprint density at radius 3 is 2.61 bits per heavy atom. The third-order valence-corrected chi connectivity index (χ3v) is 4.29. The molecule has 0 atom stereocenters. The second-order valence-corrected chi connectivity index (χ2v) is 5.96. The van der Waals surface area contributed by atoms with Gasteiger partial charge in [0.05, 0.1) is 16.7 Å². The van der Waals surface area contributed by atoms with Crippen LogP contribution in [-0.2, 0) is 6.54 Å². The van der Waals surface area contributed by atoms with Crippen LogP contribution in [0.25, 0.3) is 28.1 Å². The summed E-state index contributed by atoms with van der Waals surface area (Å²) in [5.41, 5.74) is 4.22. The Kier molecular flexibility index (Phi) is 3.56. The minimum atomic E-state index is 0.157. The highest BCUT2D eigenvalue weighted by molar-refractivity contribution is 6.30. The van der Waals surface area contributed by atoms with E-state index in [1.54, 1.807) is 0 Å². The summed E-state index contributed by atoms with van der Waals surface area (Å²) in [4.78, 5) is 4.75. The third-order valence-electron chi connectivity index (χ3n) is 4.04. The van der Waals surface area contributed by atoms with Crippen LogP contribution in [0, 0.1) is 0 Å². The molecular formula is C18H16ClN3O. The van der Waals surface area contributed by atoms with Gasteiger partial charge in [0.15, 0.2) is 0 Å². The quantitative estimate of drug-likeness (QED) is 0.616. The minimum Gasteiger partial charge on any atom is -0.396 e. The van der Waals surface area contributed by atoms with Crippen LogP contribution in [0.3, 0.4) is 0 Å². The smallest absolute Gasteiger partial charge is 0.215 e. The van der Waals surface area contributed by atoms with E-state index < -0.39 is 0 Å². The van der Waals surface area contributed by atoms with Gasteiger partial charge in [0, 0.05) is 24.4 Å². The summed E-state index contributed by atoms with van der Waals surface area (Å²) < 4.78 is 4.26. The highest BCUT2D eigenvalue weighted by Gasteiger charge is 2.15. The Labute approximate surface area is 138 Å². The van der Waals surface area contributed by atoms with Crippen LogP contribution in [0.4, 0.5) is 0 Å². The molecule has 0 saturated carbocycles. The largest absolute Gasteiger partial charge is 0.396 e. The molecule has 0 bridgehead atoms. The molecule has 0 aliphatic rings. The van der Waals surface area contributed by atoms with Crippen LogP contribution in [-0.4, -0.2) is 25.7 Å². The third kappa shape index (κ3) is 2.40. The Bertz CT molecular complexity index is 969. The molecule has 0 amide bonds. The van der Waals surface area contributed by atoms with Crippen LogP contribution in [0.5, 0.6) is 0 Å². The fraction of sp³-hybridized carbons (Fsp3) is 0.167. The molecule has 0 fully saturated rings. The van der Waals surface area contributed by atoms with E-state index in [9.17, 15) is 5.11 Å². The predicted octanol–water partition coefficient (Wildman–Crippen LogP) is 3.99. The van der Waals surface area contributed by atoms with Crippen molar-refractivity contribution in [3.05, 3.63) is 59.8 Å². The first-order chi connectivity index (χ1) is 11.3. The maximum Gasteiger partial charge on any atom is 0.215 e. The summed E-state index contributed by atoms with van der Waals surface area (Å²) in [6.45, 7) is 0.874. The SMILES string of the molecule is OCCCn1c(-c2ccc(Cl)cc2)cn2c3ccccc3nc12. The van der Waals surface area contributed by atoms with Gasteiger partial charge in [-0.15, -0.1) is 0 Å². The molecule has 116 valence electrons. The Balaban J connectivity index is 1.96. The zero-order chi connectivity index (χ0) is 15.8. The first kappa shape index (κ1) is 14.3. The van der Waals surface area contributed by atoms with Crippen molar-refractivity contribution in [1.82, 2.24) is 14.0 Å². The molecule has 0 unspecified atom stereocenters. The maximum absolute atomic E-state index is 9.22. The van der Waals surface area contributed by atoms with Gasteiger partial charge in [-0.1, -0.05) is 35.9 Å². The van der Waals surface area contributed by atoms with E-state index in [0.29, 0.717) is 13.0 Å². The van der Waals surface area contributed by atoms with Crippen molar-refractivity contribution in [3.63, 3.8) is 0 Å². The zero-order valence-corrected chi connectivity index (χ0v) is 13.2. The fourth-order valence-electron chi connectivity index (χ4n) is 2.95. The van der Waals surface area contributed by atoms with Crippen molar-refractivity contribution in [3.8, 4) is 11.3 Å². The molecule has 0 radical (unpaired) electrons. The number of aryl methyl sites for hydroxylation is 1. The molecule has 1 N–H and O–H groups in total. The van der Waals surface area contributed by atoms with Crippen LogP contribution in [0.1, 0.15) is 6.42 Å². The topological polar surface area (TPSA) is 42.5 Å². The lowest BCUT2D eigenvalue weighted by molar-refractivity contribution is 0.280. The predicted molar refractivity (Wildman–Crippen MR) is 92.8 cm³/mol. The van der Waals surface area contributed by atoms with E-state index in [-0.39, 0.29) is 6.61 Å². The number of aliphatic hydroxyl groups is 1. The summed E-state index contributed by atoms with van der Waals surface area (Å²) in [7, 11) is 0. The van der Waals surface area contributed by atoms with E-state index in [0.717, 1.165) is 33.1 Å². The van der Waals surface area contributed by atoms with Crippen LogP contribution in [0.15, 0.2) is 54.7 Å². The summed E-state index contributed by atoms with van der Waals surface area (Å²) in [5.74, 6) is 0.893. The molecule has 0 spiro atoms. The number of aromatic nitrogens is 3. The second-order valence-electron chi connectivity index (χ2n) is 5.52. The van der Waals surface area contributed by atoms with Crippen molar-refractivity contribution in [2.75, 3.05) is 6.61 Å². The van der Waals surface area contributed by atoms with E-state index >= 15 is 0 Å². The van der Waals surface area contributed by atoms with Gasteiger partial charge in [-0.2, -0.15) is 0 Å². The van der Waals surface area contributed by atoms with Crippen LogP contribution < -0.4 is 0 Å². The fourth-order valence-corrected chi connectivity index (χ4v) is 3.08. The normalized spacial score (nSPS) is 11.6. The van der Waals surface area contributed by atoms with E-state index in [2.05, 4.69) is 21.2 Å². The van der Waals surface area contributed by atoms with Crippen molar-refractivity contribution in [2.45, 2.75) is 13.0 Å². The first-order valence-electron chi connectivity index (χ1n) is 7.61. The van der Waals surface area contributed by atoms with Gasteiger partial charge >= 0.3 is 0 Å². The summed E-state index contributed by atoms with van der Waals surface area (Å²) in [5, 5.41) is 9.94. The standard InChI is InChI=1S/C18H16ClN3O/c19-14-8-6-13(7-9-14)17-12-22-16-5-2-1-4-15(16)20-18(22)21(17)10-3-11-23/h1-2,4-9,12,23H,3,10-11H2. The van der Waals surface area contributed by atoms with Gasteiger partial charge in [-0.05, 0) is 36.2 Å². The maximum atomic E-state index is 9.22. The number of hydrogen-bond donors (Lipinski definition) is 1. The van der Waals surface area contributed by atoms with Crippen LogP contribution in [0.2, 0.25) is 5.02 Å². The Morgan fingerprint density at radius 1 is 1.04 bits per heavy atom. The number of benzene rings is 2. The summed E-state index contributed by atoms with van der Waals surface area (Å²) in [6.07, 6.45) is 2.79. The lowest BCUT2D eigenvalue weighted by Crippen LogP contribution is -2.02. The van der Waals surface area contributed by atoms with Crippen molar-refractivity contribution in [2.24, 2.45) is 0 Å². The molecule has 2 aromatic carbocycles. The van der Waals surface area contributed by atoms with Gasteiger partial charge in [-0.25, -0.2) is 4.98 Å². The number of fused-ring (bicyclic) bond motifs is 3. The van der Waals surface area contributed by atoms with Gasteiger partial charge in [0.25, 0.3) is 0 Å². The second kappa shape index (κ2) is 5.72. The van der Waals surface area contributed by atoms with Crippen molar-refractivity contribution >= 4 is 28.4 Å². The Hall–Kier alpha value is -2.30. The average Bonchev–Trinajstić information content (AvgIpc) is 3.10. The number of hydrogen-bond acceptors (Lipinski definition) is 2. The minimum absolute atomic E-state index is 0.157. The number of para-hydroxylation sites is 2. The molecule has 4 rings (SSSR count). The van der Waals surface area contributed by atoms with E-state index in [1.165, 1.54) is 0 Å². The molecule has 0 saturated heterocycles. The monoisotopic (exact) mass is 325 g/mol. The number of aliphatic hydroxyl groups excluding tert-OH is 1. The molecule has 23 heavy (non-hydrogen) atoms. The number of nitrogens with zero attached hydrogens (tertiary/aromatic N) is 3. The van der Waals surface area contributed by atoms with E-state index in [4.69, 9.17) is 16.6 Å². The van der Waals surface area contributed by atoms with Crippen molar-refractivity contribution < 1.29 is 5.11 Å². The van der Waals surface area contributed by atoms with Gasteiger partial charge in [0.2, 0.25) is 5.78 Å². The van der Waals surface area contributed by atoms with Gasteiger partial charge in [0.1, 0.15) is 0 Å².